The van der Waals surface area contributed by atoms with Gasteiger partial charge in [-0.1, -0.05) is 59.6 Å². The van der Waals surface area contributed by atoms with Crippen LogP contribution in [0.3, 0.4) is 0 Å². The van der Waals surface area contributed by atoms with Gasteiger partial charge < -0.3 is 9.47 Å². The van der Waals surface area contributed by atoms with Crippen molar-refractivity contribution in [3.63, 3.8) is 0 Å². The van der Waals surface area contributed by atoms with E-state index in [1.54, 1.807) is 44.2 Å². The fourth-order valence-corrected chi connectivity index (χ4v) is 3.20. The maximum Gasteiger partial charge on any atom is 0.194 e. The largest absolute Gasteiger partial charge is 0.339 e. The summed E-state index contributed by atoms with van der Waals surface area (Å²) in [4.78, 5) is 12.8. The van der Waals surface area contributed by atoms with Crippen LogP contribution >= 0.6 is 23.2 Å². The molecule has 3 nitrogen and oxygen atoms in total. The molecule has 2 aromatic carbocycles. The monoisotopic (exact) mass is 350 g/mol. The van der Waals surface area contributed by atoms with Crippen molar-refractivity contribution in [2.75, 3.05) is 0 Å². The summed E-state index contributed by atoms with van der Waals surface area (Å²) in [7, 11) is 0. The normalized spacial score (nSPS) is 23.0. The Hall–Kier alpha value is -1.39. The number of halogens is 2. The molecule has 0 radical (unpaired) electrons. The first-order valence-corrected chi connectivity index (χ1v) is 8.03. The lowest BCUT2D eigenvalue weighted by Crippen LogP contribution is -2.28. The van der Waals surface area contributed by atoms with E-state index in [2.05, 4.69) is 0 Å². The molecule has 120 valence electrons. The van der Waals surface area contributed by atoms with Crippen LogP contribution in [0, 0.1) is 0 Å². The molecule has 3 rings (SSSR count). The third-order valence-corrected chi connectivity index (χ3v) is 4.24. The highest BCUT2D eigenvalue weighted by molar-refractivity contribution is 6.35. The van der Waals surface area contributed by atoms with Crippen molar-refractivity contribution in [3.05, 3.63) is 69.7 Å². The Labute approximate surface area is 145 Å². The fourth-order valence-electron chi connectivity index (χ4n) is 2.68. The van der Waals surface area contributed by atoms with Gasteiger partial charge in [-0.25, -0.2) is 0 Å². The molecular formula is C18H16Cl2O3. The molecule has 0 aliphatic carbocycles. The van der Waals surface area contributed by atoms with E-state index in [0.29, 0.717) is 21.2 Å². The van der Waals surface area contributed by atoms with Crippen LogP contribution in [0.4, 0.5) is 0 Å². The lowest BCUT2D eigenvalue weighted by Gasteiger charge is -2.18. The number of carbonyl (C=O) groups is 1. The summed E-state index contributed by atoms with van der Waals surface area (Å²) in [6.45, 7) is 3.56. The standard InChI is InChI=1S/C18H16Cl2O3/c1-18(2)22-16(13-9-8-12(19)10-14(13)20)17(23-18)15(21)11-6-4-3-5-7-11/h3-10,16-17H,1-2H3/t16-,17+/m1/s1. The van der Waals surface area contributed by atoms with Gasteiger partial charge in [-0.05, 0) is 26.0 Å². The van der Waals surface area contributed by atoms with Crippen molar-refractivity contribution >= 4 is 29.0 Å². The molecule has 0 amide bonds. The summed E-state index contributed by atoms with van der Waals surface area (Å²) in [5.74, 6) is -1.00. The zero-order valence-corrected chi connectivity index (χ0v) is 14.3. The first-order valence-electron chi connectivity index (χ1n) is 7.27. The molecule has 23 heavy (non-hydrogen) atoms. The van der Waals surface area contributed by atoms with Gasteiger partial charge in [0, 0.05) is 21.2 Å². The second-order valence-corrected chi connectivity index (χ2v) is 6.72. The summed E-state index contributed by atoms with van der Waals surface area (Å²) in [6.07, 6.45) is -1.34. The second kappa shape index (κ2) is 6.25. The van der Waals surface area contributed by atoms with E-state index in [4.69, 9.17) is 32.7 Å². The fraction of sp³-hybridized carbons (Fsp3) is 0.278. The average Bonchev–Trinajstić information content (AvgIpc) is 2.83. The summed E-state index contributed by atoms with van der Waals surface area (Å²) in [5.41, 5.74) is 1.27. The SMILES string of the molecule is CC1(C)O[C@H](c2ccc(Cl)cc2Cl)[C@H](C(=O)c2ccccc2)O1. The zero-order valence-electron chi connectivity index (χ0n) is 12.8. The van der Waals surface area contributed by atoms with Gasteiger partial charge in [0.05, 0.1) is 0 Å². The number of Topliss-reactive ketones (excluding diaryl/α,β-unsaturated/α-hetero) is 1. The Bertz CT molecular complexity index is 728. The summed E-state index contributed by atoms with van der Waals surface area (Å²) >= 11 is 12.2. The Kier molecular flexibility index (Phi) is 4.47. The van der Waals surface area contributed by atoms with Gasteiger partial charge in [0.15, 0.2) is 17.7 Å². The van der Waals surface area contributed by atoms with Crippen molar-refractivity contribution in [1.29, 1.82) is 0 Å². The minimum absolute atomic E-state index is 0.132. The first kappa shape index (κ1) is 16.5. The van der Waals surface area contributed by atoms with Crippen LogP contribution in [-0.4, -0.2) is 17.7 Å². The molecule has 2 atom stereocenters. The lowest BCUT2D eigenvalue weighted by molar-refractivity contribution is -0.143. The van der Waals surface area contributed by atoms with Crippen LogP contribution in [0.25, 0.3) is 0 Å². The summed E-state index contributed by atoms with van der Waals surface area (Å²) in [5, 5.41) is 0.984. The number of ether oxygens (including phenoxy) is 2. The molecule has 1 aliphatic rings. The topological polar surface area (TPSA) is 35.5 Å². The number of rotatable bonds is 3. The van der Waals surface area contributed by atoms with Gasteiger partial charge >= 0.3 is 0 Å². The van der Waals surface area contributed by atoms with E-state index in [9.17, 15) is 4.79 Å². The highest BCUT2D eigenvalue weighted by Crippen LogP contribution is 2.42. The van der Waals surface area contributed by atoms with Crippen LogP contribution < -0.4 is 0 Å². The molecule has 2 aromatic rings. The molecule has 5 heteroatoms. The Balaban J connectivity index is 1.98. The smallest absolute Gasteiger partial charge is 0.194 e. The van der Waals surface area contributed by atoms with Crippen LogP contribution in [0.15, 0.2) is 48.5 Å². The molecule has 1 aliphatic heterocycles. The van der Waals surface area contributed by atoms with Crippen LogP contribution in [-0.2, 0) is 9.47 Å². The van der Waals surface area contributed by atoms with Crippen molar-refractivity contribution in [1.82, 2.24) is 0 Å². The predicted octanol–water partition coefficient (Wildman–Crippen LogP) is 5.07. The molecular weight excluding hydrogens is 335 g/mol. The van der Waals surface area contributed by atoms with Crippen molar-refractivity contribution in [2.45, 2.75) is 31.8 Å². The number of hydrogen-bond donors (Lipinski definition) is 0. The van der Waals surface area contributed by atoms with Gasteiger partial charge in [-0.3, -0.25) is 4.79 Å². The number of benzene rings is 2. The highest BCUT2D eigenvalue weighted by Gasteiger charge is 2.46. The van der Waals surface area contributed by atoms with Crippen molar-refractivity contribution in [3.8, 4) is 0 Å². The van der Waals surface area contributed by atoms with E-state index >= 15 is 0 Å². The molecule has 0 N–H and O–H groups in total. The van der Waals surface area contributed by atoms with Gasteiger partial charge in [0.2, 0.25) is 0 Å². The first-order chi connectivity index (χ1) is 10.9. The molecule has 0 spiro atoms. The molecule has 1 saturated heterocycles. The maximum atomic E-state index is 12.8. The Morgan fingerprint density at radius 1 is 1.04 bits per heavy atom. The Morgan fingerprint density at radius 3 is 2.39 bits per heavy atom. The summed E-state index contributed by atoms with van der Waals surface area (Å²) in [6, 6.07) is 14.1. The molecule has 1 fully saturated rings. The Morgan fingerprint density at radius 2 is 1.74 bits per heavy atom. The zero-order chi connectivity index (χ0) is 16.6. The van der Waals surface area contributed by atoms with Crippen molar-refractivity contribution in [2.24, 2.45) is 0 Å². The van der Waals surface area contributed by atoms with Gasteiger partial charge in [-0.15, -0.1) is 0 Å². The van der Waals surface area contributed by atoms with Crippen LogP contribution in [0.2, 0.25) is 10.0 Å². The quantitative estimate of drug-likeness (QED) is 0.725. The number of ketones is 1. The van der Waals surface area contributed by atoms with Gasteiger partial charge in [0.1, 0.15) is 6.10 Å². The number of hydrogen-bond acceptors (Lipinski definition) is 3. The summed E-state index contributed by atoms with van der Waals surface area (Å²) < 4.78 is 11.8. The molecule has 0 saturated carbocycles. The van der Waals surface area contributed by atoms with E-state index in [1.165, 1.54) is 0 Å². The van der Waals surface area contributed by atoms with E-state index in [0.717, 1.165) is 0 Å². The van der Waals surface area contributed by atoms with Crippen LogP contribution in [0.1, 0.15) is 35.9 Å². The lowest BCUT2D eigenvalue weighted by atomic mass is 9.97. The minimum Gasteiger partial charge on any atom is -0.339 e. The molecule has 1 heterocycles. The molecule has 0 aromatic heterocycles. The average molecular weight is 351 g/mol. The molecule has 0 unspecified atom stereocenters. The maximum absolute atomic E-state index is 12.8. The van der Waals surface area contributed by atoms with E-state index < -0.39 is 18.0 Å². The highest BCUT2D eigenvalue weighted by atomic mass is 35.5. The van der Waals surface area contributed by atoms with E-state index in [-0.39, 0.29) is 5.78 Å². The van der Waals surface area contributed by atoms with Crippen molar-refractivity contribution < 1.29 is 14.3 Å². The predicted molar refractivity (Wildman–Crippen MR) is 90.0 cm³/mol. The van der Waals surface area contributed by atoms with Gasteiger partial charge in [-0.2, -0.15) is 0 Å². The number of carbonyl (C=O) groups excluding carboxylic acids is 1. The van der Waals surface area contributed by atoms with Gasteiger partial charge in [0.25, 0.3) is 0 Å². The molecule has 0 bridgehead atoms. The second-order valence-electron chi connectivity index (χ2n) is 5.87. The van der Waals surface area contributed by atoms with Crippen LogP contribution in [0.5, 0.6) is 0 Å². The third-order valence-electron chi connectivity index (χ3n) is 3.68. The minimum atomic E-state index is -0.872. The third kappa shape index (κ3) is 3.43. The van der Waals surface area contributed by atoms with E-state index in [1.807, 2.05) is 18.2 Å².